The van der Waals surface area contributed by atoms with Gasteiger partial charge in [-0.3, -0.25) is 4.79 Å². The Morgan fingerprint density at radius 3 is 2.72 bits per heavy atom. The normalized spacial score (nSPS) is 12.6. The number of hydrogen-bond donors (Lipinski definition) is 2. The summed E-state index contributed by atoms with van der Waals surface area (Å²) in [6.07, 6.45) is 2.78. The third-order valence-electron chi connectivity index (χ3n) is 3.34. The Morgan fingerprint density at radius 1 is 1.32 bits per heavy atom. The number of carbonyl (C=O) groups is 1. The van der Waals surface area contributed by atoms with Gasteiger partial charge in [-0.05, 0) is 13.3 Å². The van der Waals surface area contributed by atoms with Gasteiger partial charge in [0, 0.05) is 18.3 Å². The summed E-state index contributed by atoms with van der Waals surface area (Å²) in [7, 11) is 0. The Hall–Kier alpha value is -1.54. The van der Waals surface area contributed by atoms with Crippen LogP contribution in [0.5, 0.6) is 0 Å². The molecule has 2 aromatic rings. The molecule has 0 spiro atoms. The lowest BCUT2D eigenvalue weighted by Gasteiger charge is -2.10. The molecule has 0 fully saturated rings. The molecule has 0 aliphatic carbocycles. The number of halogens is 1. The van der Waals surface area contributed by atoms with E-state index in [2.05, 4.69) is 46.5 Å². The number of aromatic nitrogens is 4. The number of fused-ring (bicyclic) bond motifs is 1. The third-order valence-corrected chi connectivity index (χ3v) is 4.41. The van der Waals surface area contributed by atoms with Gasteiger partial charge in [-0.25, -0.2) is 14.6 Å². The fraction of sp³-hybridized carbons (Fsp3) is 0.625. The van der Waals surface area contributed by atoms with Gasteiger partial charge in [-0.1, -0.05) is 32.5 Å². The number of nitrogens with zero attached hydrogens (tertiary/aromatic N) is 4. The molecule has 0 aliphatic rings. The fourth-order valence-electron chi connectivity index (χ4n) is 2.17. The Balaban J connectivity index is 2.24. The predicted molar refractivity (Wildman–Crippen MR) is 103 cm³/mol. The Kier molecular flexibility index (Phi) is 7.31. The SMILES string of the molecule is CCCNc1nc(SC(C)C)nc2c1cnn2CCNC(=O)C(C)Cl. The molecule has 2 aromatic heterocycles. The topological polar surface area (TPSA) is 84.7 Å². The number of amides is 1. The van der Waals surface area contributed by atoms with E-state index in [4.69, 9.17) is 11.6 Å². The zero-order valence-electron chi connectivity index (χ0n) is 15.0. The van der Waals surface area contributed by atoms with E-state index < -0.39 is 5.38 Å². The molecule has 138 valence electrons. The molecule has 7 nitrogen and oxygen atoms in total. The zero-order chi connectivity index (χ0) is 18.4. The van der Waals surface area contributed by atoms with Gasteiger partial charge in [-0.15, -0.1) is 11.6 Å². The number of nitrogens with one attached hydrogen (secondary N) is 2. The molecule has 0 radical (unpaired) electrons. The summed E-state index contributed by atoms with van der Waals surface area (Å²) in [5.41, 5.74) is 0.768. The molecule has 0 aliphatic heterocycles. The minimum absolute atomic E-state index is 0.186. The van der Waals surface area contributed by atoms with Crippen LogP contribution in [0.3, 0.4) is 0 Å². The quantitative estimate of drug-likeness (QED) is 0.393. The van der Waals surface area contributed by atoms with Crippen molar-refractivity contribution in [2.24, 2.45) is 0 Å². The fourth-order valence-corrected chi connectivity index (χ4v) is 2.95. The zero-order valence-corrected chi connectivity index (χ0v) is 16.6. The summed E-state index contributed by atoms with van der Waals surface area (Å²) >= 11 is 7.37. The van der Waals surface area contributed by atoms with Crippen LogP contribution < -0.4 is 10.6 Å². The highest BCUT2D eigenvalue weighted by Crippen LogP contribution is 2.26. The summed E-state index contributed by atoms with van der Waals surface area (Å²) < 4.78 is 1.79. The molecule has 25 heavy (non-hydrogen) atoms. The second-order valence-electron chi connectivity index (χ2n) is 5.96. The second-order valence-corrected chi connectivity index (χ2v) is 8.16. The largest absolute Gasteiger partial charge is 0.369 e. The average Bonchev–Trinajstić information content (AvgIpc) is 2.95. The van der Waals surface area contributed by atoms with Gasteiger partial charge < -0.3 is 10.6 Å². The van der Waals surface area contributed by atoms with Crippen molar-refractivity contribution in [3.05, 3.63) is 6.20 Å². The van der Waals surface area contributed by atoms with E-state index >= 15 is 0 Å². The second kappa shape index (κ2) is 9.24. The monoisotopic (exact) mass is 384 g/mol. The molecule has 2 heterocycles. The lowest BCUT2D eigenvalue weighted by molar-refractivity contribution is -0.120. The van der Waals surface area contributed by atoms with E-state index in [1.807, 2.05) is 0 Å². The van der Waals surface area contributed by atoms with Gasteiger partial charge in [0.05, 0.1) is 18.1 Å². The van der Waals surface area contributed by atoms with E-state index in [1.54, 1.807) is 29.6 Å². The van der Waals surface area contributed by atoms with Crippen LogP contribution in [0.1, 0.15) is 34.1 Å². The first kappa shape index (κ1) is 19.8. The van der Waals surface area contributed by atoms with E-state index in [9.17, 15) is 4.79 Å². The Labute approximate surface area is 157 Å². The van der Waals surface area contributed by atoms with Crippen molar-refractivity contribution in [2.45, 2.75) is 56.4 Å². The van der Waals surface area contributed by atoms with Gasteiger partial charge in [0.1, 0.15) is 11.2 Å². The maximum Gasteiger partial charge on any atom is 0.237 e. The van der Waals surface area contributed by atoms with Gasteiger partial charge >= 0.3 is 0 Å². The maximum atomic E-state index is 11.6. The molecular weight excluding hydrogens is 360 g/mol. The molecule has 0 aromatic carbocycles. The predicted octanol–water partition coefficient (Wildman–Crippen LogP) is 2.89. The van der Waals surface area contributed by atoms with Gasteiger partial charge in [0.2, 0.25) is 5.91 Å². The smallest absolute Gasteiger partial charge is 0.237 e. The van der Waals surface area contributed by atoms with Crippen LogP contribution in [0, 0.1) is 0 Å². The Bertz CT molecular complexity index is 718. The van der Waals surface area contributed by atoms with Crippen LogP contribution >= 0.6 is 23.4 Å². The molecule has 1 atom stereocenters. The molecule has 1 amide bonds. The standard InChI is InChI=1S/C16H25ClN6OS/c1-5-6-18-13-12-9-20-23(8-7-19-15(24)11(4)17)14(12)22-16(21-13)25-10(2)3/h9-11H,5-8H2,1-4H3,(H,19,24)(H,18,21,22). The van der Waals surface area contributed by atoms with Crippen LogP contribution in [0.15, 0.2) is 11.4 Å². The number of hydrogen-bond acceptors (Lipinski definition) is 6. The maximum absolute atomic E-state index is 11.6. The molecule has 0 saturated heterocycles. The minimum Gasteiger partial charge on any atom is -0.369 e. The van der Waals surface area contributed by atoms with Crippen molar-refractivity contribution in [3.63, 3.8) is 0 Å². The third kappa shape index (κ3) is 5.47. The van der Waals surface area contributed by atoms with E-state index in [0.29, 0.717) is 18.3 Å². The number of alkyl halides is 1. The number of carbonyl (C=O) groups excluding carboxylic acids is 1. The minimum atomic E-state index is -0.546. The first-order valence-corrected chi connectivity index (χ1v) is 9.79. The molecule has 0 saturated carbocycles. The van der Waals surface area contributed by atoms with Crippen LogP contribution in [0.25, 0.3) is 11.0 Å². The number of rotatable bonds is 9. The molecule has 2 N–H and O–H groups in total. The van der Waals surface area contributed by atoms with Crippen molar-refractivity contribution < 1.29 is 4.79 Å². The van der Waals surface area contributed by atoms with Crippen molar-refractivity contribution in [2.75, 3.05) is 18.4 Å². The van der Waals surface area contributed by atoms with Crippen molar-refractivity contribution in [1.82, 2.24) is 25.1 Å². The number of anilines is 1. The molecule has 2 rings (SSSR count). The van der Waals surface area contributed by atoms with Crippen LogP contribution in [0.4, 0.5) is 5.82 Å². The van der Waals surface area contributed by atoms with Gasteiger partial charge in [-0.2, -0.15) is 5.10 Å². The van der Waals surface area contributed by atoms with Crippen molar-refractivity contribution in [3.8, 4) is 0 Å². The molecular formula is C16H25ClN6OS. The van der Waals surface area contributed by atoms with Crippen molar-refractivity contribution in [1.29, 1.82) is 0 Å². The summed E-state index contributed by atoms with van der Waals surface area (Å²) in [4.78, 5) is 20.8. The first-order chi connectivity index (χ1) is 11.9. The lowest BCUT2D eigenvalue weighted by Crippen LogP contribution is -2.32. The van der Waals surface area contributed by atoms with E-state index in [0.717, 1.165) is 35.0 Å². The van der Waals surface area contributed by atoms with E-state index in [-0.39, 0.29) is 5.91 Å². The highest BCUT2D eigenvalue weighted by Gasteiger charge is 2.14. The molecule has 0 bridgehead atoms. The van der Waals surface area contributed by atoms with Gasteiger partial charge in [0.25, 0.3) is 0 Å². The van der Waals surface area contributed by atoms with Crippen LogP contribution in [-0.4, -0.2) is 49.4 Å². The molecule has 1 unspecified atom stereocenters. The number of thioether (sulfide) groups is 1. The summed E-state index contributed by atoms with van der Waals surface area (Å²) in [6.45, 7) is 9.78. The van der Waals surface area contributed by atoms with Crippen molar-refractivity contribution >= 4 is 46.1 Å². The van der Waals surface area contributed by atoms with Crippen LogP contribution in [0.2, 0.25) is 0 Å². The summed E-state index contributed by atoms with van der Waals surface area (Å²) in [5.74, 6) is 0.619. The first-order valence-electron chi connectivity index (χ1n) is 8.48. The average molecular weight is 385 g/mol. The summed E-state index contributed by atoms with van der Waals surface area (Å²) in [5, 5.41) is 12.0. The van der Waals surface area contributed by atoms with Crippen LogP contribution in [-0.2, 0) is 11.3 Å². The summed E-state index contributed by atoms with van der Waals surface area (Å²) in [6, 6.07) is 0. The molecule has 9 heteroatoms. The lowest BCUT2D eigenvalue weighted by atomic mass is 10.3. The Morgan fingerprint density at radius 2 is 2.08 bits per heavy atom. The highest BCUT2D eigenvalue weighted by molar-refractivity contribution is 7.99. The highest BCUT2D eigenvalue weighted by atomic mass is 35.5. The van der Waals surface area contributed by atoms with Gasteiger partial charge in [0.15, 0.2) is 10.8 Å². The van der Waals surface area contributed by atoms with E-state index in [1.165, 1.54) is 0 Å².